The summed E-state index contributed by atoms with van der Waals surface area (Å²) in [5.74, 6) is 0.587. The van der Waals surface area contributed by atoms with E-state index in [0.717, 1.165) is 19.6 Å². The largest absolute Gasteiger partial charge is 0.393 e. The van der Waals surface area contributed by atoms with Crippen LogP contribution in [-0.2, 0) is 9.47 Å². The molecule has 0 aromatic heterocycles. The van der Waals surface area contributed by atoms with Crippen LogP contribution in [0.4, 0.5) is 0 Å². The van der Waals surface area contributed by atoms with Gasteiger partial charge in [0.1, 0.15) is 0 Å². The van der Waals surface area contributed by atoms with E-state index in [2.05, 4.69) is 13.8 Å². The number of hydrogen-bond acceptors (Lipinski definition) is 3. The minimum absolute atomic E-state index is 0.268. The average molecular weight is 245 g/mol. The minimum atomic E-state index is 0.268. The molecule has 0 bridgehead atoms. The molecule has 0 heterocycles. The van der Waals surface area contributed by atoms with Crippen molar-refractivity contribution in [3.63, 3.8) is 0 Å². The van der Waals surface area contributed by atoms with Gasteiger partial charge in [-0.2, -0.15) is 0 Å². The van der Waals surface area contributed by atoms with Crippen molar-refractivity contribution in [1.29, 1.82) is 0 Å². The van der Waals surface area contributed by atoms with E-state index in [4.69, 9.17) is 27.4 Å². The van der Waals surface area contributed by atoms with Gasteiger partial charge in [0, 0.05) is 18.4 Å². The molecule has 16 heavy (non-hydrogen) atoms. The molecule has 0 saturated heterocycles. The van der Waals surface area contributed by atoms with Gasteiger partial charge in [-0.05, 0) is 18.8 Å². The molecule has 3 nitrogen and oxygen atoms in total. The Morgan fingerprint density at radius 2 is 1.94 bits per heavy atom. The monoisotopic (exact) mass is 245 g/mol. The zero-order valence-corrected chi connectivity index (χ0v) is 11.1. The van der Waals surface area contributed by atoms with E-state index >= 15 is 0 Å². The Kier molecular flexibility index (Phi) is 5.66. The van der Waals surface area contributed by atoms with Crippen molar-refractivity contribution >= 4 is 17.2 Å². The summed E-state index contributed by atoms with van der Waals surface area (Å²) in [6, 6.07) is 0. The molecule has 0 atom stereocenters. The standard InChI is InChI=1S/C12H23NO2S/c1-10(2)8-14-5-6-15-9-12(3-4-12)7-11(13)16/h10H,3-9H2,1-2H3,(H2,13,16). The lowest BCUT2D eigenvalue weighted by Gasteiger charge is -2.14. The maximum atomic E-state index is 5.60. The smallest absolute Gasteiger partial charge is 0.0733 e. The summed E-state index contributed by atoms with van der Waals surface area (Å²) in [6.07, 6.45) is 3.21. The number of ether oxygens (including phenoxy) is 2. The van der Waals surface area contributed by atoms with Crippen LogP contribution in [-0.4, -0.2) is 31.4 Å². The van der Waals surface area contributed by atoms with Crippen LogP contribution >= 0.6 is 12.2 Å². The molecule has 0 spiro atoms. The van der Waals surface area contributed by atoms with Crippen molar-refractivity contribution in [2.24, 2.45) is 17.1 Å². The lowest BCUT2D eigenvalue weighted by molar-refractivity contribution is 0.0224. The molecule has 1 rings (SSSR count). The van der Waals surface area contributed by atoms with Crippen LogP contribution in [0.3, 0.4) is 0 Å². The van der Waals surface area contributed by atoms with E-state index in [0.29, 0.717) is 24.1 Å². The van der Waals surface area contributed by atoms with E-state index in [-0.39, 0.29) is 5.41 Å². The zero-order chi connectivity index (χ0) is 12.0. The molecule has 0 aromatic carbocycles. The molecule has 0 amide bonds. The van der Waals surface area contributed by atoms with Gasteiger partial charge in [-0.1, -0.05) is 26.1 Å². The topological polar surface area (TPSA) is 44.5 Å². The Morgan fingerprint density at radius 3 is 2.44 bits per heavy atom. The fraction of sp³-hybridized carbons (Fsp3) is 0.917. The third-order valence-electron chi connectivity index (χ3n) is 2.74. The molecular weight excluding hydrogens is 222 g/mol. The molecule has 1 aliphatic carbocycles. The molecule has 94 valence electrons. The van der Waals surface area contributed by atoms with Gasteiger partial charge in [0.15, 0.2) is 0 Å². The summed E-state index contributed by atoms with van der Waals surface area (Å²) >= 11 is 4.93. The van der Waals surface area contributed by atoms with Gasteiger partial charge < -0.3 is 15.2 Å². The molecule has 0 radical (unpaired) electrons. The Labute approximate surface area is 104 Å². The highest BCUT2D eigenvalue weighted by Crippen LogP contribution is 2.48. The lowest BCUT2D eigenvalue weighted by atomic mass is 10.0. The third-order valence-corrected chi connectivity index (χ3v) is 2.88. The van der Waals surface area contributed by atoms with E-state index in [1.165, 1.54) is 12.8 Å². The second-order valence-electron chi connectivity index (χ2n) is 5.16. The Balaban J connectivity index is 1.97. The number of nitrogens with two attached hydrogens (primary N) is 1. The maximum absolute atomic E-state index is 5.60. The first-order chi connectivity index (χ1) is 7.54. The highest BCUT2D eigenvalue weighted by Gasteiger charge is 2.43. The van der Waals surface area contributed by atoms with Gasteiger partial charge >= 0.3 is 0 Å². The zero-order valence-electron chi connectivity index (χ0n) is 10.3. The van der Waals surface area contributed by atoms with E-state index < -0.39 is 0 Å². The molecule has 2 N–H and O–H groups in total. The number of thiocarbonyl (C=S) groups is 1. The lowest BCUT2D eigenvalue weighted by Crippen LogP contribution is -2.20. The summed E-state index contributed by atoms with van der Waals surface area (Å²) in [6.45, 7) is 7.22. The summed E-state index contributed by atoms with van der Waals surface area (Å²) in [5, 5.41) is 0. The van der Waals surface area contributed by atoms with Crippen molar-refractivity contribution in [2.75, 3.05) is 26.4 Å². The Hall–Kier alpha value is -0.190. The summed E-state index contributed by atoms with van der Waals surface area (Å²) in [4.78, 5) is 0.608. The molecular formula is C12H23NO2S. The first-order valence-electron chi connectivity index (χ1n) is 5.98. The molecule has 0 aromatic rings. The number of hydrogen-bond donors (Lipinski definition) is 1. The Bertz CT molecular complexity index is 227. The van der Waals surface area contributed by atoms with Crippen LogP contribution in [0.1, 0.15) is 33.1 Å². The second kappa shape index (κ2) is 6.52. The van der Waals surface area contributed by atoms with Gasteiger partial charge in [-0.3, -0.25) is 0 Å². The molecule has 0 unspecified atom stereocenters. The van der Waals surface area contributed by atoms with Crippen molar-refractivity contribution in [3.8, 4) is 0 Å². The summed E-state index contributed by atoms with van der Waals surface area (Å²) < 4.78 is 11.0. The van der Waals surface area contributed by atoms with Crippen LogP contribution in [0.25, 0.3) is 0 Å². The highest BCUT2D eigenvalue weighted by molar-refractivity contribution is 7.80. The third kappa shape index (κ3) is 5.77. The maximum Gasteiger partial charge on any atom is 0.0733 e. The van der Waals surface area contributed by atoms with Crippen LogP contribution in [0.2, 0.25) is 0 Å². The van der Waals surface area contributed by atoms with Crippen LogP contribution in [0, 0.1) is 11.3 Å². The van der Waals surface area contributed by atoms with Gasteiger partial charge in [0.05, 0.1) is 24.8 Å². The summed E-state index contributed by atoms with van der Waals surface area (Å²) in [7, 11) is 0. The van der Waals surface area contributed by atoms with Crippen molar-refractivity contribution in [1.82, 2.24) is 0 Å². The molecule has 1 saturated carbocycles. The van der Waals surface area contributed by atoms with Crippen LogP contribution in [0.5, 0.6) is 0 Å². The molecule has 4 heteroatoms. The van der Waals surface area contributed by atoms with Crippen LogP contribution < -0.4 is 5.73 Å². The number of rotatable bonds is 9. The first kappa shape index (κ1) is 13.9. The fourth-order valence-corrected chi connectivity index (χ4v) is 1.95. The van der Waals surface area contributed by atoms with Crippen molar-refractivity contribution < 1.29 is 9.47 Å². The second-order valence-corrected chi connectivity index (χ2v) is 5.69. The predicted octanol–water partition coefficient (Wildman–Crippen LogP) is 2.13. The average Bonchev–Trinajstić information content (AvgIpc) is 2.90. The van der Waals surface area contributed by atoms with Crippen LogP contribution in [0.15, 0.2) is 0 Å². The van der Waals surface area contributed by atoms with E-state index in [1.807, 2.05) is 0 Å². The fourth-order valence-electron chi connectivity index (χ4n) is 1.64. The van der Waals surface area contributed by atoms with E-state index in [1.54, 1.807) is 0 Å². The summed E-state index contributed by atoms with van der Waals surface area (Å²) in [5.41, 5.74) is 5.82. The Morgan fingerprint density at radius 1 is 1.31 bits per heavy atom. The SMILES string of the molecule is CC(C)COCCOCC1(CC(N)=S)CC1. The molecule has 1 fully saturated rings. The normalized spacial score (nSPS) is 17.7. The van der Waals surface area contributed by atoms with Crippen molar-refractivity contribution in [3.05, 3.63) is 0 Å². The van der Waals surface area contributed by atoms with Gasteiger partial charge in [-0.25, -0.2) is 0 Å². The van der Waals surface area contributed by atoms with Crippen molar-refractivity contribution in [2.45, 2.75) is 33.1 Å². The molecule has 0 aliphatic heterocycles. The minimum Gasteiger partial charge on any atom is -0.393 e. The van der Waals surface area contributed by atoms with Gasteiger partial charge in [-0.15, -0.1) is 0 Å². The van der Waals surface area contributed by atoms with Gasteiger partial charge in [0.25, 0.3) is 0 Å². The highest BCUT2D eigenvalue weighted by atomic mass is 32.1. The quantitative estimate of drug-likeness (QED) is 0.499. The first-order valence-corrected chi connectivity index (χ1v) is 6.39. The van der Waals surface area contributed by atoms with E-state index in [9.17, 15) is 0 Å². The molecule has 1 aliphatic rings. The predicted molar refractivity (Wildman–Crippen MR) is 69.5 cm³/mol. The van der Waals surface area contributed by atoms with Gasteiger partial charge in [0.2, 0.25) is 0 Å².